The quantitative estimate of drug-likeness (QED) is 0.692. The van der Waals surface area contributed by atoms with E-state index in [0.717, 1.165) is 5.75 Å². The summed E-state index contributed by atoms with van der Waals surface area (Å²) in [6.07, 6.45) is 4.38. The average molecular weight is 240 g/mol. The van der Waals surface area contributed by atoms with Gasteiger partial charge in [-0.1, -0.05) is 60.2 Å². The van der Waals surface area contributed by atoms with Gasteiger partial charge in [-0.15, -0.1) is 11.8 Å². The van der Waals surface area contributed by atoms with Gasteiger partial charge >= 0.3 is 0 Å². The van der Waals surface area contributed by atoms with Crippen molar-refractivity contribution in [1.29, 1.82) is 0 Å². The molecule has 0 saturated carbocycles. The zero-order valence-electron chi connectivity index (χ0n) is 9.97. The Morgan fingerprint density at radius 3 is 2.35 bits per heavy atom. The normalized spacial score (nSPS) is 10.9. The fourth-order valence-electron chi connectivity index (χ4n) is 1.53. The minimum Gasteiger partial charge on any atom is -0.122 e. The lowest BCUT2D eigenvalue weighted by Crippen LogP contribution is -1.76. The lowest BCUT2D eigenvalue weighted by atomic mass is 10.2. The molecule has 17 heavy (non-hydrogen) atoms. The Labute approximate surface area is 107 Å². The lowest BCUT2D eigenvalue weighted by molar-refractivity contribution is 1.38. The van der Waals surface area contributed by atoms with E-state index in [2.05, 4.69) is 67.6 Å². The van der Waals surface area contributed by atoms with Crippen molar-refractivity contribution in [3.8, 4) is 0 Å². The number of thioether (sulfide) groups is 1. The fraction of sp³-hybridized carbons (Fsp3) is 0.125. The van der Waals surface area contributed by atoms with Gasteiger partial charge in [0.2, 0.25) is 0 Å². The van der Waals surface area contributed by atoms with E-state index < -0.39 is 0 Å². The average Bonchev–Trinajstić information content (AvgIpc) is 2.38. The molecule has 0 bridgehead atoms. The Hall–Kier alpha value is -1.47. The standard InChI is InChI=1S/C16H16S/c1-14-9-11-16(12-10-14)17-13-5-8-15-6-3-2-4-7-15/h2-12H,13H2,1H3. The summed E-state index contributed by atoms with van der Waals surface area (Å²) in [5.74, 6) is 1.01. The highest BCUT2D eigenvalue weighted by Gasteiger charge is 1.91. The molecule has 0 aliphatic rings. The first-order valence-electron chi connectivity index (χ1n) is 5.76. The second-order valence-corrected chi connectivity index (χ2v) is 5.03. The van der Waals surface area contributed by atoms with Crippen LogP contribution in [0.4, 0.5) is 0 Å². The SMILES string of the molecule is Cc1ccc(SCC=Cc2ccccc2)cc1. The zero-order valence-corrected chi connectivity index (χ0v) is 10.8. The van der Waals surface area contributed by atoms with Crippen molar-refractivity contribution in [2.45, 2.75) is 11.8 Å². The number of hydrogen-bond acceptors (Lipinski definition) is 1. The van der Waals surface area contributed by atoms with E-state index in [9.17, 15) is 0 Å². The highest BCUT2D eigenvalue weighted by atomic mass is 32.2. The molecule has 0 unspecified atom stereocenters. The van der Waals surface area contributed by atoms with Crippen LogP contribution < -0.4 is 0 Å². The predicted octanol–water partition coefficient (Wildman–Crippen LogP) is 4.80. The van der Waals surface area contributed by atoms with Crippen molar-refractivity contribution >= 4 is 17.8 Å². The molecule has 0 heterocycles. The van der Waals surface area contributed by atoms with Gasteiger partial charge in [-0.2, -0.15) is 0 Å². The summed E-state index contributed by atoms with van der Waals surface area (Å²) in [5, 5.41) is 0. The van der Waals surface area contributed by atoms with Gasteiger partial charge in [-0.25, -0.2) is 0 Å². The molecule has 0 saturated heterocycles. The van der Waals surface area contributed by atoms with Gasteiger partial charge in [0, 0.05) is 10.6 Å². The molecule has 0 aromatic heterocycles. The molecule has 0 atom stereocenters. The van der Waals surface area contributed by atoms with Gasteiger partial charge in [0.25, 0.3) is 0 Å². The summed E-state index contributed by atoms with van der Waals surface area (Å²) < 4.78 is 0. The maximum Gasteiger partial charge on any atom is 0.0164 e. The van der Waals surface area contributed by atoms with Crippen LogP contribution in [0.1, 0.15) is 11.1 Å². The number of aryl methyl sites for hydroxylation is 1. The molecule has 0 spiro atoms. The summed E-state index contributed by atoms with van der Waals surface area (Å²) in [6, 6.07) is 19.1. The monoisotopic (exact) mass is 240 g/mol. The van der Waals surface area contributed by atoms with Crippen LogP contribution in [0.5, 0.6) is 0 Å². The highest BCUT2D eigenvalue weighted by molar-refractivity contribution is 7.99. The Bertz CT molecular complexity index is 469. The van der Waals surface area contributed by atoms with Gasteiger partial charge in [0.1, 0.15) is 0 Å². The van der Waals surface area contributed by atoms with E-state index in [1.807, 2.05) is 17.8 Å². The minimum absolute atomic E-state index is 1.01. The van der Waals surface area contributed by atoms with Crippen molar-refractivity contribution in [2.75, 3.05) is 5.75 Å². The molecule has 86 valence electrons. The molecule has 2 aromatic carbocycles. The summed E-state index contributed by atoms with van der Waals surface area (Å²) in [7, 11) is 0. The number of rotatable bonds is 4. The van der Waals surface area contributed by atoms with Crippen LogP contribution >= 0.6 is 11.8 Å². The molecule has 0 N–H and O–H groups in total. The molecule has 0 amide bonds. The van der Waals surface area contributed by atoms with Crippen molar-refractivity contribution in [3.63, 3.8) is 0 Å². The maximum atomic E-state index is 2.21. The third-order valence-electron chi connectivity index (χ3n) is 2.48. The van der Waals surface area contributed by atoms with Crippen LogP contribution in [0.3, 0.4) is 0 Å². The van der Waals surface area contributed by atoms with Crippen LogP contribution in [0, 0.1) is 6.92 Å². The van der Waals surface area contributed by atoms with Crippen LogP contribution in [0.15, 0.2) is 65.6 Å². The molecular formula is C16H16S. The van der Waals surface area contributed by atoms with E-state index in [1.165, 1.54) is 16.0 Å². The number of benzene rings is 2. The van der Waals surface area contributed by atoms with E-state index in [0.29, 0.717) is 0 Å². The van der Waals surface area contributed by atoms with Gasteiger partial charge in [0.05, 0.1) is 0 Å². The molecule has 0 radical (unpaired) electrons. The summed E-state index contributed by atoms with van der Waals surface area (Å²) in [4.78, 5) is 1.33. The predicted molar refractivity (Wildman–Crippen MR) is 77.4 cm³/mol. The largest absolute Gasteiger partial charge is 0.122 e. The van der Waals surface area contributed by atoms with Crippen molar-refractivity contribution in [2.24, 2.45) is 0 Å². The van der Waals surface area contributed by atoms with Gasteiger partial charge < -0.3 is 0 Å². The van der Waals surface area contributed by atoms with Crippen LogP contribution in [0.2, 0.25) is 0 Å². The first-order valence-corrected chi connectivity index (χ1v) is 6.74. The van der Waals surface area contributed by atoms with Crippen LogP contribution in [-0.4, -0.2) is 5.75 Å². The Kier molecular flexibility index (Phi) is 4.45. The first kappa shape index (κ1) is 12.0. The van der Waals surface area contributed by atoms with E-state index in [4.69, 9.17) is 0 Å². The smallest absolute Gasteiger partial charge is 0.0164 e. The van der Waals surface area contributed by atoms with Crippen molar-refractivity contribution in [1.82, 2.24) is 0 Å². The third kappa shape index (κ3) is 4.12. The van der Waals surface area contributed by atoms with E-state index >= 15 is 0 Å². The van der Waals surface area contributed by atoms with Gasteiger partial charge in [-0.3, -0.25) is 0 Å². The Morgan fingerprint density at radius 2 is 1.65 bits per heavy atom. The second kappa shape index (κ2) is 6.31. The van der Waals surface area contributed by atoms with Gasteiger partial charge in [-0.05, 0) is 24.6 Å². The van der Waals surface area contributed by atoms with E-state index in [-0.39, 0.29) is 0 Å². The van der Waals surface area contributed by atoms with Crippen LogP contribution in [0.25, 0.3) is 6.08 Å². The van der Waals surface area contributed by atoms with Crippen molar-refractivity contribution in [3.05, 3.63) is 71.8 Å². The maximum absolute atomic E-state index is 2.21. The number of hydrogen-bond donors (Lipinski definition) is 0. The summed E-state index contributed by atoms with van der Waals surface area (Å²) >= 11 is 1.86. The van der Waals surface area contributed by atoms with E-state index in [1.54, 1.807) is 0 Å². The molecule has 0 aliphatic heterocycles. The summed E-state index contributed by atoms with van der Waals surface area (Å²) in [6.45, 7) is 2.11. The Balaban J connectivity index is 1.84. The van der Waals surface area contributed by atoms with Crippen LogP contribution in [-0.2, 0) is 0 Å². The third-order valence-corrected chi connectivity index (χ3v) is 3.44. The minimum atomic E-state index is 1.01. The lowest BCUT2D eigenvalue weighted by Gasteiger charge is -1.98. The second-order valence-electron chi connectivity index (χ2n) is 3.94. The fourth-order valence-corrected chi connectivity index (χ4v) is 2.24. The van der Waals surface area contributed by atoms with Gasteiger partial charge in [0.15, 0.2) is 0 Å². The molecular weight excluding hydrogens is 224 g/mol. The Morgan fingerprint density at radius 1 is 0.941 bits per heavy atom. The molecule has 1 heteroatoms. The molecule has 0 aliphatic carbocycles. The topological polar surface area (TPSA) is 0 Å². The molecule has 0 nitrogen and oxygen atoms in total. The highest BCUT2D eigenvalue weighted by Crippen LogP contribution is 2.18. The molecule has 2 rings (SSSR count). The molecule has 0 fully saturated rings. The zero-order chi connectivity index (χ0) is 11.9. The van der Waals surface area contributed by atoms with Crippen molar-refractivity contribution < 1.29 is 0 Å². The summed E-state index contributed by atoms with van der Waals surface area (Å²) in [5.41, 5.74) is 2.58. The molecule has 2 aromatic rings. The first-order chi connectivity index (χ1) is 8.34.